The van der Waals surface area contributed by atoms with Gasteiger partial charge in [-0.1, -0.05) is 23.7 Å². The van der Waals surface area contributed by atoms with Crippen molar-refractivity contribution in [3.05, 3.63) is 34.6 Å². The van der Waals surface area contributed by atoms with Gasteiger partial charge in [0.15, 0.2) is 0 Å². The van der Waals surface area contributed by atoms with E-state index < -0.39 is 11.9 Å². The van der Waals surface area contributed by atoms with E-state index in [0.29, 0.717) is 5.56 Å². The molecule has 0 N–H and O–H groups in total. The van der Waals surface area contributed by atoms with E-state index in [4.69, 9.17) is 16.9 Å². The van der Waals surface area contributed by atoms with Crippen LogP contribution >= 0.6 is 11.6 Å². The maximum absolute atomic E-state index is 13.8. The lowest BCUT2D eigenvalue weighted by Crippen LogP contribution is -2.25. The SMILES string of the molecule is N#CC(c1cccc(Cl)c1F)N1CCCC1. The molecule has 1 saturated heterocycles. The summed E-state index contributed by atoms with van der Waals surface area (Å²) in [7, 11) is 0. The second-order valence-electron chi connectivity index (χ2n) is 3.92. The van der Waals surface area contributed by atoms with Gasteiger partial charge in [-0.05, 0) is 32.0 Å². The zero-order valence-corrected chi connectivity index (χ0v) is 9.54. The van der Waals surface area contributed by atoms with Gasteiger partial charge in [0.25, 0.3) is 0 Å². The molecule has 1 aliphatic heterocycles. The number of benzene rings is 1. The lowest BCUT2D eigenvalue weighted by Gasteiger charge is -2.22. The molecule has 0 saturated carbocycles. The molecule has 4 heteroatoms. The fraction of sp³-hybridized carbons (Fsp3) is 0.417. The van der Waals surface area contributed by atoms with Gasteiger partial charge in [0.2, 0.25) is 0 Å². The molecule has 1 fully saturated rings. The van der Waals surface area contributed by atoms with Crippen molar-refractivity contribution in [3.8, 4) is 6.07 Å². The number of rotatable bonds is 2. The number of hydrogen-bond acceptors (Lipinski definition) is 2. The topological polar surface area (TPSA) is 27.0 Å². The second-order valence-corrected chi connectivity index (χ2v) is 4.32. The number of halogens is 2. The quantitative estimate of drug-likeness (QED) is 0.792. The van der Waals surface area contributed by atoms with Crippen LogP contribution in [-0.4, -0.2) is 18.0 Å². The normalized spacial score (nSPS) is 18.3. The van der Waals surface area contributed by atoms with E-state index >= 15 is 0 Å². The van der Waals surface area contributed by atoms with Crippen molar-refractivity contribution in [1.82, 2.24) is 4.90 Å². The fourth-order valence-corrected chi connectivity index (χ4v) is 2.26. The molecular formula is C12H12ClFN2. The highest BCUT2D eigenvalue weighted by Crippen LogP contribution is 2.29. The predicted molar refractivity (Wildman–Crippen MR) is 60.6 cm³/mol. The van der Waals surface area contributed by atoms with Crippen molar-refractivity contribution in [2.75, 3.05) is 13.1 Å². The van der Waals surface area contributed by atoms with Crippen molar-refractivity contribution in [2.24, 2.45) is 0 Å². The van der Waals surface area contributed by atoms with Gasteiger partial charge in [-0.2, -0.15) is 5.26 Å². The first kappa shape index (κ1) is 11.4. The summed E-state index contributed by atoms with van der Waals surface area (Å²) in [6.07, 6.45) is 2.14. The predicted octanol–water partition coefficient (Wildman–Crippen LogP) is 3.14. The van der Waals surface area contributed by atoms with Gasteiger partial charge in [0.1, 0.15) is 11.9 Å². The van der Waals surface area contributed by atoms with E-state index in [1.165, 1.54) is 6.07 Å². The molecule has 1 heterocycles. The minimum absolute atomic E-state index is 0.0805. The van der Waals surface area contributed by atoms with Crippen LogP contribution < -0.4 is 0 Å². The molecule has 0 amide bonds. The molecule has 1 aliphatic rings. The molecule has 1 unspecified atom stereocenters. The monoisotopic (exact) mass is 238 g/mol. The molecule has 2 rings (SSSR count). The highest BCUT2D eigenvalue weighted by Gasteiger charge is 2.26. The third-order valence-electron chi connectivity index (χ3n) is 2.90. The zero-order chi connectivity index (χ0) is 11.5. The van der Waals surface area contributed by atoms with Crippen LogP contribution in [0.1, 0.15) is 24.4 Å². The van der Waals surface area contributed by atoms with E-state index in [0.717, 1.165) is 25.9 Å². The minimum atomic E-state index is -0.513. The van der Waals surface area contributed by atoms with Crippen molar-refractivity contribution in [1.29, 1.82) is 5.26 Å². The van der Waals surface area contributed by atoms with Gasteiger partial charge in [-0.15, -0.1) is 0 Å². The van der Waals surface area contributed by atoms with E-state index in [1.807, 2.05) is 4.90 Å². The van der Waals surface area contributed by atoms with Crippen molar-refractivity contribution in [3.63, 3.8) is 0 Å². The van der Waals surface area contributed by atoms with Gasteiger partial charge in [0, 0.05) is 5.56 Å². The Hall–Kier alpha value is -1.11. The first-order chi connectivity index (χ1) is 7.74. The Kier molecular flexibility index (Phi) is 3.42. The molecule has 0 spiro atoms. The molecule has 1 aromatic carbocycles. The Morgan fingerprint density at radius 1 is 1.38 bits per heavy atom. The second kappa shape index (κ2) is 4.82. The summed E-state index contributed by atoms with van der Waals surface area (Å²) >= 11 is 5.72. The highest BCUT2D eigenvalue weighted by atomic mass is 35.5. The van der Waals surface area contributed by atoms with Crippen LogP contribution in [0.15, 0.2) is 18.2 Å². The first-order valence-corrected chi connectivity index (χ1v) is 5.69. The van der Waals surface area contributed by atoms with Gasteiger partial charge in [-0.3, -0.25) is 4.90 Å². The van der Waals surface area contributed by atoms with Crippen molar-refractivity contribution < 1.29 is 4.39 Å². The molecule has 0 radical (unpaired) electrons. The number of nitriles is 1. The van der Waals surface area contributed by atoms with Crippen LogP contribution in [0.25, 0.3) is 0 Å². The molecule has 0 bridgehead atoms. The van der Waals surface area contributed by atoms with E-state index in [9.17, 15) is 4.39 Å². The van der Waals surface area contributed by atoms with Gasteiger partial charge >= 0.3 is 0 Å². The van der Waals surface area contributed by atoms with Crippen molar-refractivity contribution in [2.45, 2.75) is 18.9 Å². The number of hydrogen-bond donors (Lipinski definition) is 0. The average molecular weight is 239 g/mol. The number of likely N-dealkylation sites (tertiary alicyclic amines) is 1. The summed E-state index contributed by atoms with van der Waals surface area (Å²) < 4.78 is 13.8. The maximum Gasteiger partial charge on any atom is 0.147 e. The van der Waals surface area contributed by atoms with E-state index in [2.05, 4.69) is 6.07 Å². The first-order valence-electron chi connectivity index (χ1n) is 5.31. The summed E-state index contributed by atoms with van der Waals surface area (Å²) in [5.74, 6) is -0.470. The summed E-state index contributed by atoms with van der Waals surface area (Å²) in [5.41, 5.74) is 0.386. The molecular weight excluding hydrogens is 227 g/mol. The molecule has 16 heavy (non-hydrogen) atoms. The Bertz CT molecular complexity index is 422. The largest absolute Gasteiger partial charge is 0.284 e. The maximum atomic E-state index is 13.8. The van der Waals surface area contributed by atoms with Gasteiger partial charge in [-0.25, -0.2) is 4.39 Å². The Labute approximate surface area is 99.2 Å². The molecule has 1 atom stereocenters. The lowest BCUT2D eigenvalue weighted by atomic mass is 10.1. The van der Waals surface area contributed by atoms with Crippen LogP contribution in [0.4, 0.5) is 4.39 Å². The van der Waals surface area contributed by atoms with Crippen LogP contribution in [0, 0.1) is 17.1 Å². The third-order valence-corrected chi connectivity index (χ3v) is 3.20. The Morgan fingerprint density at radius 2 is 2.06 bits per heavy atom. The van der Waals surface area contributed by atoms with Crippen LogP contribution in [0.2, 0.25) is 5.02 Å². The molecule has 0 aromatic heterocycles. The van der Waals surface area contributed by atoms with Crippen LogP contribution in [-0.2, 0) is 0 Å². The summed E-state index contributed by atoms with van der Waals surface area (Å²) in [6.45, 7) is 1.70. The molecule has 2 nitrogen and oxygen atoms in total. The Morgan fingerprint density at radius 3 is 2.69 bits per heavy atom. The smallest absolute Gasteiger partial charge is 0.147 e. The molecule has 84 valence electrons. The zero-order valence-electron chi connectivity index (χ0n) is 8.79. The minimum Gasteiger partial charge on any atom is -0.284 e. The molecule has 0 aliphatic carbocycles. The fourth-order valence-electron chi connectivity index (χ4n) is 2.08. The highest BCUT2D eigenvalue weighted by molar-refractivity contribution is 6.30. The third kappa shape index (κ3) is 2.04. The van der Waals surface area contributed by atoms with E-state index in [-0.39, 0.29) is 5.02 Å². The van der Waals surface area contributed by atoms with Crippen molar-refractivity contribution >= 4 is 11.6 Å². The van der Waals surface area contributed by atoms with Gasteiger partial charge in [0.05, 0.1) is 11.1 Å². The van der Waals surface area contributed by atoms with Gasteiger partial charge < -0.3 is 0 Å². The standard InChI is InChI=1S/C12H12ClFN2/c13-10-5-3-4-9(12(10)14)11(8-15)16-6-1-2-7-16/h3-5,11H,1-2,6-7H2. The van der Waals surface area contributed by atoms with Crippen LogP contribution in [0.5, 0.6) is 0 Å². The summed E-state index contributed by atoms with van der Waals surface area (Å²) in [6, 6.07) is 6.46. The average Bonchev–Trinajstić information content (AvgIpc) is 2.79. The summed E-state index contributed by atoms with van der Waals surface area (Å²) in [5, 5.41) is 9.23. The lowest BCUT2D eigenvalue weighted by molar-refractivity contribution is 0.288. The Balaban J connectivity index is 2.33. The number of nitrogens with zero attached hydrogens (tertiary/aromatic N) is 2. The van der Waals surface area contributed by atoms with E-state index in [1.54, 1.807) is 12.1 Å². The molecule has 1 aromatic rings. The summed E-state index contributed by atoms with van der Waals surface area (Å²) in [4.78, 5) is 1.99. The van der Waals surface area contributed by atoms with Crippen LogP contribution in [0.3, 0.4) is 0 Å².